The van der Waals surface area contributed by atoms with Gasteiger partial charge in [-0.05, 0) is 40.9 Å². The van der Waals surface area contributed by atoms with Crippen LogP contribution in [0.4, 0.5) is 5.69 Å². The molecule has 98 valence electrons. The molecular weight excluding hydrogens is 292 g/mol. The molecule has 1 fully saturated rings. The fraction of sp³-hybridized carbons (Fsp3) is 0.500. The lowest BCUT2D eigenvalue weighted by molar-refractivity contribution is -0.120. The number of hydrogen-bond acceptors (Lipinski definition) is 2. The van der Waals surface area contributed by atoms with E-state index >= 15 is 0 Å². The van der Waals surface area contributed by atoms with Crippen molar-refractivity contribution in [2.45, 2.75) is 38.1 Å². The third-order valence-corrected chi connectivity index (χ3v) is 4.23. The summed E-state index contributed by atoms with van der Waals surface area (Å²) in [6.45, 7) is 0. The Labute approximate surface area is 116 Å². The highest BCUT2D eigenvalue weighted by molar-refractivity contribution is 9.10. The third kappa shape index (κ3) is 3.33. The maximum Gasteiger partial charge on any atom is 0.229 e. The van der Waals surface area contributed by atoms with E-state index in [0.29, 0.717) is 0 Å². The van der Waals surface area contributed by atoms with Gasteiger partial charge in [0.05, 0.1) is 11.6 Å². The van der Waals surface area contributed by atoms with Gasteiger partial charge in [-0.3, -0.25) is 4.79 Å². The molecule has 0 heterocycles. The Morgan fingerprint density at radius 1 is 1.22 bits per heavy atom. The number of benzene rings is 1. The van der Waals surface area contributed by atoms with E-state index in [-0.39, 0.29) is 17.9 Å². The second-order valence-electron chi connectivity index (χ2n) is 4.88. The van der Waals surface area contributed by atoms with E-state index in [0.717, 1.165) is 35.8 Å². The molecule has 1 aromatic carbocycles. The van der Waals surface area contributed by atoms with Gasteiger partial charge >= 0.3 is 0 Å². The molecule has 0 saturated heterocycles. The van der Waals surface area contributed by atoms with Crippen LogP contribution in [0.1, 0.15) is 32.1 Å². The number of nitrogens with two attached hydrogens (primary N) is 1. The number of anilines is 1. The number of halogens is 1. The lowest BCUT2D eigenvalue weighted by Gasteiger charge is -2.20. The van der Waals surface area contributed by atoms with Gasteiger partial charge in [0.1, 0.15) is 0 Å². The molecule has 2 rings (SSSR count). The first-order chi connectivity index (χ1) is 8.68. The summed E-state index contributed by atoms with van der Waals surface area (Å²) in [5.74, 6) is -0.00379. The van der Waals surface area contributed by atoms with Crippen LogP contribution in [-0.2, 0) is 4.79 Å². The largest absolute Gasteiger partial charge is 0.327 e. The summed E-state index contributed by atoms with van der Waals surface area (Å²) in [6, 6.07) is 7.65. The minimum atomic E-state index is -0.0559. The van der Waals surface area contributed by atoms with Gasteiger partial charge in [0.15, 0.2) is 0 Å². The molecule has 1 saturated carbocycles. The highest BCUT2D eigenvalue weighted by atomic mass is 79.9. The normalized spacial score (nSPS) is 24.3. The van der Waals surface area contributed by atoms with Gasteiger partial charge in [0, 0.05) is 10.5 Å². The van der Waals surface area contributed by atoms with Crippen molar-refractivity contribution in [1.82, 2.24) is 0 Å². The van der Waals surface area contributed by atoms with Crippen molar-refractivity contribution < 1.29 is 4.79 Å². The van der Waals surface area contributed by atoms with Crippen LogP contribution in [0.25, 0.3) is 0 Å². The minimum absolute atomic E-state index is 0.00464. The van der Waals surface area contributed by atoms with Crippen LogP contribution >= 0.6 is 15.9 Å². The van der Waals surface area contributed by atoms with E-state index in [1.807, 2.05) is 24.3 Å². The van der Waals surface area contributed by atoms with Gasteiger partial charge in [-0.1, -0.05) is 31.4 Å². The molecule has 4 heteroatoms. The van der Waals surface area contributed by atoms with Crippen molar-refractivity contribution in [3.05, 3.63) is 28.7 Å². The lowest BCUT2D eigenvalue weighted by atomic mass is 9.94. The van der Waals surface area contributed by atoms with Crippen molar-refractivity contribution in [3.8, 4) is 0 Å². The fourth-order valence-corrected chi connectivity index (χ4v) is 2.83. The number of rotatable bonds is 2. The summed E-state index contributed by atoms with van der Waals surface area (Å²) < 4.78 is 0.903. The van der Waals surface area contributed by atoms with Crippen LogP contribution < -0.4 is 11.1 Å². The van der Waals surface area contributed by atoms with Crippen LogP contribution in [0.15, 0.2) is 28.7 Å². The Bertz CT molecular complexity index is 422. The molecule has 1 aliphatic carbocycles. The number of nitrogens with one attached hydrogen (secondary N) is 1. The first kappa shape index (κ1) is 13.6. The predicted molar refractivity (Wildman–Crippen MR) is 77.3 cm³/mol. The molecule has 3 N–H and O–H groups in total. The van der Waals surface area contributed by atoms with E-state index in [1.54, 1.807) is 0 Å². The molecule has 1 aromatic rings. The first-order valence-electron chi connectivity index (χ1n) is 6.49. The summed E-state index contributed by atoms with van der Waals surface area (Å²) in [7, 11) is 0. The Kier molecular flexibility index (Phi) is 4.78. The molecule has 0 bridgehead atoms. The van der Waals surface area contributed by atoms with Crippen LogP contribution in [0.2, 0.25) is 0 Å². The molecule has 0 spiro atoms. The summed E-state index contributed by atoms with van der Waals surface area (Å²) in [6.07, 6.45) is 5.28. The SMILES string of the molecule is NC1CCCCCC1C(=O)Nc1ccccc1Br. The number of carbonyl (C=O) groups excluding carboxylic acids is 1. The van der Waals surface area contributed by atoms with Crippen molar-refractivity contribution >= 4 is 27.5 Å². The molecule has 1 amide bonds. The molecule has 0 aliphatic heterocycles. The van der Waals surface area contributed by atoms with E-state index in [1.165, 1.54) is 6.42 Å². The van der Waals surface area contributed by atoms with Crippen molar-refractivity contribution in [2.24, 2.45) is 11.7 Å². The van der Waals surface area contributed by atoms with Gasteiger partial charge in [-0.2, -0.15) is 0 Å². The number of amides is 1. The zero-order chi connectivity index (χ0) is 13.0. The molecule has 2 unspecified atom stereocenters. The smallest absolute Gasteiger partial charge is 0.229 e. The fourth-order valence-electron chi connectivity index (χ4n) is 2.45. The first-order valence-corrected chi connectivity index (χ1v) is 7.29. The summed E-state index contributed by atoms with van der Waals surface area (Å²) >= 11 is 3.43. The Hall–Kier alpha value is -0.870. The van der Waals surface area contributed by atoms with Crippen molar-refractivity contribution in [3.63, 3.8) is 0 Å². The van der Waals surface area contributed by atoms with E-state index in [4.69, 9.17) is 5.73 Å². The third-order valence-electron chi connectivity index (χ3n) is 3.54. The summed E-state index contributed by atoms with van der Waals surface area (Å²) in [5.41, 5.74) is 6.92. The Morgan fingerprint density at radius 3 is 2.72 bits per heavy atom. The Balaban J connectivity index is 2.04. The monoisotopic (exact) mass is 310 g/mol. The zero-order valence-corrected chi connectivity index (χ0v) is 11.9. The zero-order valence-electron chi connectivity index (χ0n) is 10.4. The molecular formula is C14H19BrN2O. The van der Waals surface area contributed by atoms with Gasteiger partial charge in [-0.25, -0.2) is 0 Å². The Morgan fingerprint density at radius 2 is 1.94 bits per heavy atom. The van der Waals surface area contributed by atoms with Crippen LogP contribution in [0.5, 0.6) is 0 Å². The van der Waals surface area contributed by atoms with Gasteiger partial charge in [-0.15, -0.1) is 0 Å². The second kappa shape index (κ2) is 6.34. The minimum Gasteiger partial charge on any atom is -0.327 e. The molecule has 1 aliphatic rings. The van der Waals surface area contributed by atoms with Crippen molar-refractivity contribution in [1.29, 1.82) is 0 Å². The topological polar surface area (TPSA) is 55.1 Å². The maximum atomic E-state index is 12.3. The molecule has 3 nitrogen and oxygen atoms in total. The van der Waals surface area contributed by atoms with E-state index in [9.17, 15) is 4.79 Å². The van der Waals surface area contributed by atoms with E-state index in [2.05, 4.69) is 21.2 Å². The highest BCUT2D eigenvalue weighted by Crippen LogP contribution is 2.26. The quantitative estimate of drug-likeness (QED) is 0.824. The lowest BCUT2D eigenvalue weighted by Crippen LogP contribution is -2.37. The average Bonchev–Trinajstić information content (AvgIpc) is 2.57. The van der Waals surface area contributed by atoms with Crippen LogP contribution in [0.3, 0.4) is 0 Å². The maximum absolute atomic E-state index is 12.3. The van der Waals surface area contributed by atoms with Gasteiger partial charge < -0.3 is 11.1 Å². The van der Waals surface area contributed by atoms with Gasteiger partial charge in [0.25, 0.3) is 0 Å². The summed E-state index contributed by atoms with van der Waals surface area (Å²) in [4.78, 5) is 12.3. The number of carbonyl (C=O) groups is 1. The standard InChI is InChI=1S/C14H19BrN2O/c15-11-7-4-5-9-13(11)17-14(18)10-6-2-1-3-8-12(10)16/h4-5,7,9-10,12H,1-3,6,8,16H2,(H,17,18). The van der Waals surface area contributed by atoms with Crippen LogP contribution in [0, 0.1) is 5.92 Å². The second-order valence-corrected chi connectivity index (χ2v) is 5.73. The predicted octanol–water partition coefficient (Wildman–Crippen LogP) is 3.30. The molecule has 2 atom stereocenters. The van der Waals surface area contributed by atoms with Gasteiger partial charge in [0.2, 0.25) is 5.91 Å². The van der Waals surface area contributed by atoms with Crippen LogP contribution in [-0.4, -0.2) is 11.9 Å². The summed E-state index contributed by atoms with van der Waals surface area (Å²) in [5, 5.41) is 2.97. The number of para-hydroxylation sites is 1. The molecule has 0 radical (unpaired) electrons. The van der Waals surface area contributed by atoms with E-state index < -0.39 is 0 Å². The van der Waals surface area contributed by atoms with Crippen molar-refractivity contribution in [2.75, 3.05) is 5.32 Å². The average molecular weight is 311 g/mol. The molecule has 0 aromatic heterocycles. The molecule has 18 heavy (non-hydrogen) atoms. The number of hydrogen-bond donors (Lipinski definition) is 2. The highest BCUT2D eigenvalue weighted by Gasteiger charge is 2.27.